The van der Waals surface area contributed by atoms with Crippen LogP contribution in [0.5, 0.6) is 0 Å². The molecule has 0 aromatic rings. The molecular formula is C2H4O2Si. The average molecular weight is 88.1 g/mol. The van der Waals surface area contributed by atoms with E-state index >= 15 is 0 Å². The summed E-state index contributed by atoms with van der Waals surface area (Å²) in [5, 5.41) is 0. The monoisotopic (exact) mass is 88.0 g/mol. The van der Waals surface area contributed by atoms with Crippen LogP contribution in [-0.4, -0.2) is 9.29 Å². The molecular weight excluding hydrogens is 84.1 g/mol. The van der Waals surface area contributed by atoms with E-state index in [-0.39, 0.29) is 0 Å². The van der Waals surface area contributed by atoms with Gasteiger partial charge in [-0.1, -0.05) is 0 Å². The lowest BCUT2D eigenvalue weighted by atomic mass is 11.3. The van der Waals surface area contributed by atoms with Crippen molar-refractivity contribution in [1.82, 2.24) is 0 Å². The van der Waals surface area contributed by atoms with Crippen LogP contribution >= 0.6 is 0 Å². The molecule has 0 aromatic heterocycles. The van der Waals surface area contributed by atoms with Gasteiger partial charge in [0.05, 0.1) is 0 Å². The summed E-state index contributed by atoms with van der Waals surface area (Å²) in [6.45, 7) is 6.00. The van der Waals surface area contributed by atoms with Crippen LogP contribution in [0.15, 0.2) is 13.2 Å². The van der Waals surface area contributed by atoms with Crippen LogP contribution in [0.2, 0.25) is 0 Å². The van der Waals surface area contributed by atoms with Gasteiger partial charge in [0.1, 0.15) is 0 Å². The Hall–Kier alpha value is -0.443. The largest absolute Gasteiger partial charge is 0.549 e. The van der Waals surface area contributed by atoms with Crippen molar-refractivity contribution in [2.75, 3.05) is 0 Å². The summed E-state index contributed by atoms with van der Waals surface area (Å²) in [4.78, 5) is 0. The third-order valence-electron chi connectivity index (χ3n) is 0. The zero-order valence-corrected chi connectivity index (χ0v) is 3.73. The van der Waals surface area contributed by atoms with E-state index in [9.17, 15) is 0 Å². The highest BCUT2D eigenvalue weighted by molar-refractivity contribution is 5.94. The molecule has 0 atom stereocenters. The van der Waals surface area contributed by atoms with E-state index in [1.54, 1.807) is 0 Å². The molecule has 0 spiro atoms. The van der Waals surface area contributed by atoms with Crippen molar-refractivity contribution >= 4 is 9.29 Å². The van der Waals surface area contributed by atoms with Gasteiger partial charge < -0.3 is 0 Å². The fourth-order valence-corrected chi connectivity index (χ4v) is 0. The third-order valence-corrected chi connectivity index (χ3v) is 0. The van der Waals surface area contributed by atoms with Crippen LogP contribution in [0.25, 0.3) is 0 Å². The molecule has 0 heterocycles. The highest BCUT2D eigenvalue weighted by Gasteiger charge is 1.22. The maximum Gasteiger partial charge on any atom is 0.549 e. The van der Waals surface area contributed by atoms with Gasteiger partial charge in [-0.25, -0.2) is 0 Å². The summed E-state index contributed by atoms with van der Waals surface area (Å²) < 4.78 is 16.8. The topological polar surface area (TPSA) is 34.1 Å². The first-order valence-corrected chi connectivity index (χ1v) is 1.72. The lowest BCUT2D eigenvalue weighted by Gasteiger charge is -0.944. The summed E-state index contributed by atoms with van der Waals surface area (Å²) in [5.74, 6) is 0. The summed E-state index contributed by atoms with van der Waals surface area (Å²) in [6.07, 6.45) is 0. The molecule has 0 saturated carbocycles. The van der Waals surface area contributed by atoms with Crippen molar-refractivity contribution in [2.24, 2.45) is 0 Å². The van der Waals surface area contributed by atoms with Gasteiger partial charge in [0.2, 0.25) is 0 Å². The van der Waals surface area contributed by atoms with Gasteiger partial charge in [0, 0.05) is 0 Å². The van der Waals surface area contributed by atoms with Gasteiger partial charge >= 0.3 is 9.29 Å². The van der Waals surface area contributed by atoms with E-state index in [2.05, 4.69) is 13.2 Å². The Morgan fingerprint density at radius 1 is 1.20 bits per heavy atom. The van der Waals surface area contributed by atoms with Crippen molar-refractivity contribution in [3.8, 4) is 0 Å². The zero-order valence-electron chi connectivity index (χ0n) is 2.73. The molecule has 0 amide bonds. The molecule has 3 heteroatoms. The van der Waals surface area contributed by atoms with E-state index in [0.29, 0.717) is 0 Å². The van der Waals surface area contributed by atoms with E-state index in [0.717, 1.165) is 0 Å². The van der Waals surface area contributed by atoms with Gasteiger partial charge in [0.15, 0.2) is 0 Å². The van der Waals surface area contributed by atoms with Crippen LogP contribution in [0.1, 0.15) is 0 Å². The standard InChI is InChI=1S/C2H4.O2Si/c1-2;1-3-2/h1-2H2;. The first-order chi connectivity index (χ1) is 2.41. The smallest absolute Gasteiger partial charge is 0.274 e. The average Bonchev–Trinajstić information content (AvgIpc) is 1.46. The van der Waals surface area contributed by atoms with Crippen molar-refractivity contribution in [3.63, 3.8) is 0 Å². The second-order valence-corrected chi connectivity index (χ2v) is 0.250. The molecule has 0 bridgehead atoms. The second kappa shape index (κ2) is 75.0. The predicted octanol–water partition coefficient (Wildman–Crippen LogP) is 0.184. The Morgan fingerprint density at radius 3 is 1.20 bits per heavy atom. The first kappa shape index (κ1) is 8.82. The maximum absolute atomic E-state index is 8.40. The lowest BCUT2D eigenvalue weighted by Crippen LogP contribution is -1.26. The van der Waals surface area contributed by atoms with Gasteiger partial charge in [0.25, 0.3) is 0 Å². The Kier molecular flexibility index (Phi) is 132. The van der Waals surface area contributed by atoms with Crippen LogP contribution in [0.4, 0.5) is 0 Å². The van der Waals surface area contributed by atoms with Crippen LogP contribution in [0.3, 0.4) is 0 Å². The van der Waals surface area contributed by atoms with Crippen LogP contribution in [0, 0.1) is 0 Å². The van der Waals surface area contributed by atoms with Crippen molar-refractivity contribution in [1.29, 1.82) is 0 Å². The van der Waals surface area contributed by atoms with Crippen LogP contribution < -0.4 is 0 Å². The predicted molar refractivity (Wildman–Crippen MR) is 18.4 cm³/mol. The number of rotatable bonds is 0. The normalized spacial score (nSPS) is 2.40. The molecule has 5 heavy (non-hydrogen) atoms. The molecule has 2 nitrogen and oxygen atoms in total. The summed E-state index contributed by atoms with van der Waals surface area (Å²) >= 11 is 0. The molecule has 0 N–H and O–H groups in total. The molecule has 0 aliphatic carbocycles. The molecule has 0 unspecified atom stereocenters. The van der Waals surface area contributed by atoms with Gasteiger partial charge in [-0.3, -0.25) is 8.92 Å². The fourth-order valence-electron chi connectivity index (χ4n) is 0. The highest BCUT2D eigenvalue weighted by Crippen LogP contribution is 0.862. The maximum atomic E-state index is 8.40. The lowest BCUT2D eigenvalue weighted by molar-refractivity contribution is 0.497. The third kappa shape index (κ3) is 43.9. The minimum absolute atomic E-state index is 1.42. The summed E-state index contributed by atoms with van der Waals surface area (Å²) in [5.41, 5.74) is 0. The summed E-state index contributed by atoms with van der Waals surface area (Å²) in [6, 6.07) is 0. The SMILES string of the molecule is C=C.O=[Si]=O. The van der Waals surface area contributed by atoms with Crippen LogP contribution in [-0.2, 0) is 8.92 Å². The second-order valence-electron chi connectivity index (χ2n) is 0.0833. The van der Waals surface area contributed by atoms with E-state index in [4.69, 9.17) is 8.92 Å². The molecule has 0 rings (SSSR count). The van der Waals surface area contributed by atoms with Crippen molar-refractivity contribution in [3.05, 3.63) is 13.2 Å². The number of hydrogen-bond donors (Lipinski definition) is 0. The minimum Gasteiger partial charge on any atom is -0.274 e. The molecule has 0 aliphatic rings. The van der Waals surface area contributed by atoms with Gasteiger partial charge in [-0.2, -0.15) is 0 Å². The van der Waals surface area contributed by atoms with Crippen molar-refractivity contribution < 1.29 is 8.92 Å². The fraction of sp³-hybridized carbons (Fsp3) is 0. The Balaban J connectivity index is 0. The zero-order chi connectivity index (χ0) is 4.71. The van der Waals surface area contributed by atoms with Gasteiger partial charge in [-0.15, -0.1) is 13.2 Å². The molecule has 0 fully saturated rings. The quantitative estimate of drug-likeness (QED) is 0.313. The molecule has 0 aliphatic heterocycles. The molecule has 0 radical (unpaired) electrons. The molecule has 28 valence electrons. The van der Waals surface area contributed by atoms with E-state index in [1.807, 2.05) is 0 Å². The first-order valence-electron chi connectivity index (χ1n) is 0.908. The minimum atomic E-state index is -1.42. The molecule has 0 aromatic carbocycles. The van der Waals surface area contributed by atoms with E-state index < -0.39 is 9.29 Å². The van der Waals surface area contributed by atoms with E-state index in [1.165, 1.54) is 0 Å². The van der Waals surface area contributed by atoms with Gasteiger partial charge in [-0.05, 0) is 0 Å². The highest BCUT2D eigenvalue weighted by atomic mass is 28.2. The Morgan fingerprint density at radius 2 is 1.20 bits per heavy atom. The Labute approximate surface area is 32.4 Å². The molecule has 0 saturated heterocycles. The van der Waals surface area contributed by atoms with Crippen molar-refractivity contribution in [2.45, 2.75) is 0 Å². The number of hydrogen-bond acceptors (Lipinski definition) is 2. The summed E-state index contributed by atoms with van der Waals surface area (Å²) in [7, 11) is -1.42. The Bertz CT molecular complexity index is 36.9.